The number of hydrogen-bond acceptors (Lipinski definition) is 3. The van der Waals surface area contributed by atoms with Crippen LogP contribution in [0.5, 0.6) is 0 Å². The Morgan fingerprint density at radius 2 is 2.55 bits per heavy atom. The van der Waals surface area contributed by atoms with Crippen LogP contribution in [0.2, 0.25) is 0 Å². The lowest BCUT2D eigenvalue weighted by Crippen LogP contribution is -2.12. The van der Waals surface area contributed by atoms with Crippen molar-refractivity contribution in [2.45, 2.75) is 19.3 Å². The van der Waals surface area contributed by atoms with E-state index in [0.717, 1.165) is 12.1 Å². The van der Waals surface area contributed by atoms with Gasteiger partial charge in [-0.25, -0.2) is 0 Å². The quantitative estimate of drug-likeness (QED) is 0.711. The molecule has 0 aliphatic carbocycles. The zero-order valence-corrected chi connectivity index (χ0v) is 7.28. The molecule has 0 fully saturated rings. The molecule has 4 heteroatoms. The van der Waals surface area contributed by atoms with Crippen LogP contribution in [0, 0.1) is 0 Å². The number of hydrogen-bond donors (Lipinski definition) is 2. The van der Waals surface area contributed by atoms with Gasteiger partial charge in [0, 0.05) is 23.5 Å². The van der Waals surface area contributed by atoms with Crippen LogP contribution in [0.1, 0.15) is 25.0 Å². The van der Waals surface area contributed by atoms with E-state index in [9.17, 15) is 4.79 Å². The summed E-state index contributed by atoms with van der Waals surface area (Å²) in [6.45, 7) is 2.66. The molecule has 1 atom stereocenters. The zero-order valence-electron chi connectivity index (χ0n) is 6.46. The highest BCUT2D eigenvalue weighted by molar-refractivity contribution is 7.07. The monoisotopic (exact) mass is 172 g/mol. The smallest absolute Gasteiger partial charge is 0.304 e. The van der Waals surface area contributed by atoms with Crippen molar-refractivity contribution in [3.8, 4) is 0 Å². The summed E-state index contributed by atoms with van der Waals surface area (Å²) in [6.07, 6.45) is 0.975. The van der Waals surface area contributed by atoms with Crippen molar-refractivity contribution in [2.75, 3.05) is 6.54 Å². The molecule has 0 radical (unpaired) electrons. The van der Waals surface area contributed by atoms with Crippen LogP contribution in [0.4, 0.5) is 0 Å². The Bertz CT molecular complexity index is 261. The molecule has 62 valence electrons. The fourth-order valence-corrected chi connectivity index (χ4v) is 1.67. The maximum Gasteiger partial charge on any atom is 0.304 e. The van der Waals surface area contributed by atoms with Gasteiger partial charge in [-0.3, -0.25) is 4.79 Å². The molecule has 0 aromatic carbocycles. The summed E-state index contributed by atoms with van der Waals surface area (Å²) in [7, 11) is 0. The SMILES string of the molecule is CCC(CN)c1csc(=O)[nH]1. The van der Waals surface area contributed by atoms with Gasteiger partial charge in [0.2, 0.25) is 0 Å². The number of aromatic amines is 1. The molecule has 1 heterocycles. The number of nitrogens with one attached hydrogen (secondary N) is 1. The Morgan fingerprint density at radius 3 is 2.91 bits per heavy atom. The number of nitrogens with two attached hydrogens (primary N) is 1. The molecule has 3 N–H and O–H groups in total. The number of rotatable bonds is 3. The van der Waals surface area contributed by atoms with Gasteiger partial charge >= 0.3 is 4.87 Å². The molecule has 0 aliphatic rings. The summed E-state index contributed by atoms with van der Waals surface area (Å²) in [4.78, 5) is 13.5. The number of thiazole rings is 1. The average Bonchev–Trinajstić information content (AvgIpc) is 2.39. The van der Waals surface area contributed by atoms with Gasteiger partial charge in [-0.15, -0.1) is 0 Å². The van der Waals surface area contributed by atoms with Crippen LogP contribution < -0.4 is 10.6 Å². The molecule has 1 rings (SSSR count). The van der Waals surface area contributed by atoms with E-state index in [4.69, 9.17) is 5.73 Å². The lowest BCUT2D eigenvalue weighted by atomic mass is 10.0. The van der Waals surface area contributed by atoms with E-state index in [2.05, 4.69) is 11.9 Å². The third-order valence-corrected chi connectivity index (χ3v) is 2.44. The van der Waals surface area contributed by atoms with Crippen LogP contribution in [0.3, 0.4) is 0 Å². The molecule has 0 spiro atoms. The first-order chi connectivity index (χ1) is 5.27. The van der Waals surface area contributed by atoms with Crippen molar-refractivity contribution in [1.29, 1.82) is 0 Å². The van der Waals surface area contributed by atoms with Crippen LogP contribution >= 0.6 is 11.3 Å². The average molecular weight is 172 g/mol. The minimum Gasteiger partial charge on any atom is -0.330 e. The molecule has 0 aliphatic heterocycles. The van der Waals surface area contributed by atoms with Gasteiger partial charge in [-0.05, 0) is 6.42 Å². The minimum atomic E-state index is 0.00639. The van der Waals surface area contributed by atoms with Gasteiger partial charge in [0.1, 0.15) is 0 Å². The van der Waals surface area contributed by atoms with Crippen molar-refractivity contribution in [3.05, 3.63) is 20.7 Å². The fourth-order valence-electron chi connectivity index (χ4n) is 1.01. The van der Waals surface area contributed by atoms with E-state index in [-0.39, 0.29) is 4.87 Å². The number of H-pyrrole nitrogens is 1. The Labute approximate surface area is 69.3 Å². The lowest BCUT2D eigenvalue weighted by molar-refractivity contribution is 0.657. The lowest BCUT2D eigenvalue weighted by Gasteiger charge is -2.07. The highest BCUT2D eigenvalue weighted by atomic mass is 32.1. The van der Waals surface area contributed by atoms with Gasteiger partial charge in [-0.2, -0.15) is 0 Å². The van der Waals surface area contributed by atoms with Crippen molar-refractivity contribution in [2.24, 2.45) is 5.73 Å². The van der Waals surface area contributed by atoms with E-state index in [1.54, 1.807) is 0 Å². The Morgan fingerprint density at radius 1 is 1.82 bits per heavy atom. The minimum absolute atomic E-state index is 0.00639. The van der Waals surface area contributed by atoms with Crippen LogP contribution in [-0.4, -0.2) is 11.5 Å². The second-order valence-electron chi connectivity index (χ2n) is 2.44. The molecule has 3 nitrogen and oxygen atoms in total. The molecule has 1 aromatic heterocycles. The molecule has 11 heavy (non-hydrogen) atoms. The standard InChI is InChI=1S/C7H12N2OS/c1-2-5(3-8)6-4-11-7(10)9-6/h4-5H,2-3,8H2,1H3,(H,9,10). The summed E-state index contributed by atoms with van der Waals surface area (Å²) in [5.74, 6) is 0.314. The van der Waals surface area contributed by atoms with E-state index in [0.29, 0.717) is 12.5 Å². The van der Waals surface area contributed by atoms with E-state index in [1.165, 1.54) is 11.3 Å². The molecule has 0 saturated heterocycles. The third kappa shape index (κ3) is 1.91. The van der Waals surface area contributed by atoms with E-state index in [1.807, 2.05) is 5.38 Å². The molecule has 0 amide bonds. The van der Waals surface area contributed by atoms with E-state index >= 15 is 0 Å². The summed E-state index contributed by atoms with van der Waals surface area (Å²) in [5.41, 5.74) is 6.48. The van der Waals surface area contributed by atoms with Crippen LogP contribution in [0.25, 0.3) is 0 Å². The molecule has 1 aromatic rings. The van der Waals surface area contributed by atoms with Crippen molar-refractivity contribution >= 4 is 11.3 Å². The second-order valence-corrected chi connectivity index (χ2v) is 3.29. The topological polar surface area (TPSA) is 58.9 Å². The summed E-state index contributed by atoms with van der Waals surface area (Å²) < 4.78 is 0. The Kier molecular flexibility index (Phi) is 2.84. The second kappa shape index (κ2) is 3.69. The molecule has 1 unspecified atom stereocenters. The third-order valence-electron chi connectivity index (χ3n) is 1.76. The molecule has 0 saturated carbocycles. The van der Waals surface area contributed by atoms with Gasteiger partial charge in [-0.1, -0.05) is 18.3 Å². The maximum atomic E-state index is 10.7. The van der Waals surface area contributed by atoms with Crippen molar-refractivity contribution < 1.29 is 0 Å². The van der Waals surface area contributed by atoms with E-state index < -0.39 is 0 Å². The first kappa shape index (κ1) is 8.49. The van der Waals surface area contributed by atoms with Gasteiger partial charge < -0.3 is 10.7 Å². The van der Waals surface area contributed by atoms with Gasteiger partial charge in [0.15, 0.2) is 0 Å². The number of aromatic nitrogens is 1. The fraction of sp³-hybridized carbons (Fsp3) is 0.571. The zero-order chi connectivity index (χ0) is 8.27. The van der Waals surface area contributed by atoms with Crippen LogP contribution in [0.15, 0.2) is 10.2 Å². The normalized spacial score (nSPS) is 13.3. The summed E-state index contributed by atoms with van der Waals surface area (Å²) in [6, 6.07) is 0. The highest BCUT2D eigenvalue weighted by Gasteiger charge is 2.08. The largest absolute Gasteiger partial charge is 0.330 e. The van der Waals surface area contributed by atoms with Crippen molar-refractivity contribution in [3.63, 3.8) is 0 Å². The summed E-state index contributed by atoms with van der Waals surface area (Å²) in [5, 5.41) is 1.85. The Hall–Kier alpha value is -0.610. The van der Waals surface area contributed by atoms with Crippen LogP contribution in [-0.2, 0) is 0 Å². The predicted octanol–water partition coefficient (Wildman–Crippen LogP) is 0.889. The highest BCUT2D eigenvalue weighted by Crippen LogP contribution is 2.14. The van der Waals surface area contributed by atoms with Gasteiger partial charge in [0.05, 0.1) is 0 Å². The maximum absolute atomic E-state index is 10.7. The molecule has 0 bridgehead atoms. The first-order valence-electron chi connectivity index (χ1n) is 3.65. The molecular formula is C7H12N2OS. The summed E-state index contributed by atoms with van der Waals surface area (Å²) >= 11 is 1.20. The molecular weight excluding hydrogens is 160 g/mol. The first-order valence-corrected chi connectivity index (χ1v) is 4.53. The Balaban J connectivity index is 2.81. The van der Waals surface area contributed by atoms with Gasteiger partial charge in [0.25, 0.3) is 0 Å². The van der Waals surface area contributed by atoms with Crippen molar-refractivity contribution in [1.82, 2.24) is 4.98 Å². The predicted molar refractivity (Wildman–Crippen MR) is 47.0 cm³/mol.